The summed E-state index contributed by atoms with van der Waals surface area (Å²) in [5, 5.41) is 2.97. The molecule has 27 heavy (non-hydrogen) atoms. The number of benzene rings is 1. The summed E-state index contributed by atoms with van der Waals surface area (Å²) < 4.78 is 27.3. The van der Waals surface area contributed by atoms with Crippen LogP contribution in [0.2, 0.25) is 0 Å². The first-order valence-electron chi connectivity index (χ1n) is 10.0. The first-order chi connectivity index (χ1) is 12.8. The fraction of sp³-hybridized carbons (Fsp3) is 0.650. The second-order valence-corrected chi connectivity index (χ2v) is 9.52. The summed E-state index contributed by atoms with van der Waals surface area (Å²) in [5.74, 6) is 0.465. The van der Waals surface area contributed by atoms with Gasteiger partial charge in [0.05, 0.1) is 31.1 Å². The average Bonchev–Trinajstić information content (AvgIpc) is 2.67. The van der Waals surface area contributed by atoms with Crippen molar-refractivity contribution in [3.05, 3.63) is 29.8 Å². The number of rotatable bonds is 8. The fourth-order valence-corrected chi connectivity index (χ4v) is 4.67. The van der Waals surface area contributed by atoms with Gasteiger partial charge in [0.1, 0.15) is 0 Å². The maximum atomic E-state index is 12.9. The SMILES string of the molecule is CC[C@@H](C)c1ccc(S(=O)(=O)N2CC[NH+](CC(=O)N[C@@H](C)CC)CC2)cc1. The van der Waals surface area contributed by atoms with Gasteiger partial charge in [-0.2, -0.15) is 4.31 Å². The number of quaternary nitrogens is 1. The lowest BCUT2D eigenvalue weighted by atomic mass is 9.99. The molecule has 1 aromatic rings. The number of carbonyl (C=O) groups excluding carboxylic acids is 1. The van der Waals surface area contributed by atoms with E-state index >= 15 is 0 Å². The third-order valence-electron chi connectivity index (χ3n) is 5.56. The van der Waals surface area contributed by atoms with Crippen molar-refractivity contribution in [1.29, 1.82) is 0 Å². The van der Waals surface area contributed by atoms with Crippen molar-refractivity contribution in [2.75, 3.05) is 32.7 Å². The Morgan fingerprint density at radius 1 is 1.11 bits per heavy atom. The second-order valence-electron chi connectivity index (χ2n) is 7.59. The number of amides is 1. The van der Waals surface area contributed by atoms with Crippen molar-refractivity contribution in [3.63, 3.8) is 0 Å². The Bertz CT molecular complexity index is 710. The van der Waals surface area contributed by atoms with Gasteiger partial charge in [-0.25, -0.2) is 8.42 Å². The lowest BCUT2D eigenvalue weighted by Crippen LogP contribution is -3.15. The summed E-state index contributed by atoms with van der Waals surface area (Å²) in [7, 11) is -3.47. The Labute approximate surface area is 164 Å². The summed E-state index contributed by atoms with van der Waals surface area (Å²) >= 11 is 0. The topological polar surface area (TPSA) is 70.9 Å². The molecule has 1 aliphatic heterocycles. The molecule has 7 heteroatoms. The largest absolute Gasteiger partial charge is 0.349 e. The maximum absolute atomic E-state index is 12.9. The van der Waals surface area contributed by atoms with E-state index in [1.165, 1.54) is 0 Å². The number of nitrogens with zero attached hydrogens (tertiary/aromatic N) is 1. The monoisotopic (exact) mass is 396 g/mol. The summed E-state index contributed by atoms with van der Waals surface area (Å²) in [5.41, 5.74) is 1.16. The standard InChI is InChI=1S/C20H33N3O3S/c1-5-16(3)18-7-9-19(10-8-18)27(25,26)23-13-11-22(12-14-23)15-20(24)21-17(4)6-2/h7-10,16-17H,5-6,11-15H2,1-4H3,(H,21,24)/p+1/t16-,17+/m1/s1. The molecular formula is C20H34N3O3S+. The lowest BCUT2D eigenvalue weighted by molar-refractivity contribution is -0.895. The zero-order valence-electron chi connectivity index (χ0n) is 17.0. The van der Waals surface area contributed by atoms with E-state index in [2.05, 4.69) is 19.2 Å². The summed E-state index contributed by atoms with van der Waals surface area (Å²) in [6.45, 7) is 10.9. The van der Waals surface area contributed by atoms with Crippen LogP contribution in [0.4, 0.5) is 0 Å². The average molecular weight is 397 g/mol. The molecule has 2 atom stereocenters. The number of sulfonamides is 1. The van der Waals surface area contributed by atoms with Crippen LogP contribution in [0.1, 0.15) is 52.0 Å². The molecule has 1 fully saturated rings. The second kappa shape index (κ2) is 9.66. The Morgan fingerprint density at radius 2 is 1.70 bits per heavy atom. The number of nitrogens with one attached hydrogen (secondary N) is 2. The maximum Gasteiger partial charge on any atom is 0.275 e. The third-order valence-corrected chi connectivity index (χ3v) is 7.47. The molecule has 0 saturated carbocycles. The summed E-state index contributed by atoms with van der Waals surface area (Å²) in [4.78, 5) is 13.5. The van der Waals surface area contributed by atoms with Gasteiger partial charge in [0.25, 0.3) is 5.91 Å². The predicted molar refractivity (Wildman–Crippen MR) is 107 cm³/mol. The molecule has 2 rings (SSSR count). The van der Waals surface area contributed by atoms with E-state index in [4.69, 9.17) is 0 Å². The molecule has 0 spiro atoms. The minimum Gasteiger partial charge on any atom is -0.349 e. The van der Waals surface area contributed by atoms with Crippen LogP contribution >= 0.6 is 0 Å². The quantitative estimate of drug-likeness (QED) is 0.689. The number of hydrogen-bond donors (Lipinski definition) is 2. The van der Waals surface area contributed by atoms with Gasteiger partial charge in [-0.05, 0) is 43.4 Å². The van der Waals surface area contributed by atoms with Crippen LogP contribution in [-0.2, 0) is 14.8 Å². The molecular weight excluding hydrogens is 362 g/mol. The van der Waals surface area contributed by atoms with Crippen molar-refractivity contribution < 1.29 is 18.1 Å². The fourth-order valence-electron chi connectivity index (χ4n) is 3.23. The van der Waals surface area contributed by atoms with E-state index in [9.17, 15) is 13.2 Å². The van der Waals surface area contributed by atoms with Gasteiger partial charge in [-0.3, -0.25) is 4.79 Å². The van der Waals surface area contributed by atoms with Crippen molar-refractivity contribution in [1.82, 2.24) is 9.62 Å². The lowest BCUT2D eigenvalue weighted by Gasteiger charge is -2.31. The number of carbonyl (C=O) groups is 1. The van der Waals surface area contributed by atoms with Gasteiger partial charge in [0.15, 0.2) is 6.54 Å². The van der Waals surface area contributed by atoms with Crippen LogP contribution < -0.4 is 10.2 Å². The summed E-state index contributed by atoms with van der Waals surface area (Å²) in [6, 6.07) is 7.45. The van der Waals surface area contributed by atoms with Gasteiger partial charge in [-0.15, -0.1) is 0 Å². The molecule has 0 unspecified atom stereocenters. The molecule has 1 amide bonds. The van der Waals surface area contributed by atoms with Crippen LogP contribution in [0.5, 0.6) is 0 Å². The van der Waals surface area contributed by atoms with Crippen LogP contribution in [0.3, 0.4) is 0 Å². The van der Waals surface area contributed by atoms with Gasteiger partial charge in [-0.1, -0.05) is 32.9 Å². The van der Waals surface area contributed by atoms with Gasteiger partial charge < -0.3 is 10.2 Å². The van der Waals surface area contributed by atoms with Crippen LogP contribution in [0.15, 0.2) is 29.2 Å². The smallest absolute Gasteiger partial charge is 0.275 e. The minimum atomic E-state index is -3.47. The van der Waals surface area contributed by atoms with E-state index in [0.29, 0.717) is 43.5 Å². The molecule has 0 radical (unpaired) electrons. The van der Waals surface area contributed by atoms with E-state index in [-0.39, 0.29) is 11.9 Å². The molecule has 0 aromatic heterocycles. The van der Waals surface area contributed by atoms with E-state index in [1.807, 2.05) is 26.0 Å². The molecule has 1 saturated heterocycles. The Kier molecular flexibility index (Phi) is 7.82. The predicted octanol–water partition coefficient (Wildman–Crippen LogP) is 1.00. The van der Waals surface area contributed by atoms with Crippen molar-refractivity contribution >= 4 is 15.9 Å². The highest BCUT2D eigenvalue weighted by atomic mass is 32.2. The van der Waals surface area contributed by atoms with Crippen molar-refractivity contribution in [2.24, 2.45) is 0 Å². The van der Waals surface area contributed by atoms with E-state index in [0.717, 1.165) is 23.3 Å². The summed E-state index contributed by atoms with van der Waals surface area (Å²) in [6.07, 6.45) is 1.93. The Balaban J connectivity index is 1.93. The van der Waals surface area contributed by atoms with E-state index in [1.54, 1.807) is 16.4 Å². The van der Waals surface area contributed by atoms with Gasteiger partial charge in [0.2, 0.25) is 10.0 Å². The number of hydrogen-bond acceptors (Lipinski definition) is 3. The molecule has 1 heterocycles. The highest BCUT2D eigenvalue weighted by molar-refractivity contribution is 7.89. The Morgan fingerprint density at radius 3 is 2.22 bits per heavy atom. The zero-order chi connectivity index (χ0) is 20.0. The van der Waals surface area contributed by atoms with Crippen molar-refractivity contribution in [2.45, 2.75) is 57.4 Å². The zero-order valence-corrected chi connectivity index (χ0v) is 17.8. The van der Waals surface area contributed by atoms with E-state index < -0.39 is 10.0 Å². The molecule has 152 valence electrons. The third kappa shape index (κ3) is 5.77. The highest BCUT2D eigenvalue weighted by Gasteiger charge is 2.31. The normalized spacial score (nSPS) is 18.8. The van der Waals surface area contributed by atoms with Crippen LogP contribution in [0, 0.1) is 0 Å². The molecule has 1 aliphatic rings. The Hall–Kier alpha value is -1.44. The number of piperazine rings is 1. The van der Waals surface area contributed by atoms with Gasteiger partial charge in [0, 0.05) is 6.04 Å². The highest BCUT2D eigenvalue weighted by Crippen LogP contribution is 2.22. The van der Waals surface area contributed by atoms with Crippen molar-refractivity contribution in [3.8, 4) is 0 Å². The van der Waals surface area contributed by atoms with Gasteiger partial charge >= 0.3 is 0 Å². The molecule has 6 nitrogen and oxygen atoms in total. The first kappa shape index (κ1) is 21.9. The minimum absolute atomic E-state index is 0.0382. The molecule has 0 aliphatic carbocycles. The van der Waals surface area contributed by atoms with Crippen LogP contribution in [0.25, 0.3) is 0 Å². The first-order valence-corrected chi connectivity index (χ1v) is 11.4. The molecule has 0 bridgehead atoms. The van der Waals surface area contributed by atoms with Crippen LogP contribution in [-0.4, -0.2) is 57.4 Å². The molecule has 2 N–H and O–H groups in total. The molecule has 1 aromatic carbocycles.